The van der Waals surface area contributed by atoms with Crippen LogP contribution in [0.5, 0.6) is 5.75 Å². The van der Waals surface area contributed by atoms with E-state index in [0.717, 1.165) is 35.2 Å². The Morgan fingerprint density at radius 3 is 2.06 bits per heavy atom. The van der Waals surface area contributed by atoms with E-state index in [4.69, 9.17) is 9.15 Å². The molecule has 1 aromatic heterocycles. The van der Waals surface area contributed by atoms with Crippen molar-refractivity contribution in [2.45, 2.75) is 12.5 Å². The molecule has 33 heavy (non-hydrogen) atoms. The summed E-state index contributed by atoms with van der Waals surface area (Å²) in [5.41, 5.74) is 3.89. The van der Waals surface area contributed by atoms with Crippen molar-refractivity contribution in [3.05, 3.63) is 124 Å². The fourth-order valence-electron chi connectivity index (χ4n) is 4.98. The van der Waals surface area contributed by atoms with Gasteiger partial charge < -0.3 is 9.15 Å². The van der Waals surface area contributed by atoms with Gasteiger partial charge in [-0.2, -0.15) is 0 Å². The van der Waals surface area contributed by atoms with Crippen LogP contribution in [0.3, 0.4) is 0 Å². The Morgan fingerprint density at radius 2 is 1.36 bits per heavy atom. The van der Waals surface area contributed by atoms with Gasteiger partial charge in [0.25, 0.3) is 0 Å². The molecule has 0 bridgehead atoms. The zero-order valence-corrected chi connectivity index (χ0v) is 18.2. The molecule has 4 nitrogen and oxygen atoms in total. The highest BCUT2D eigenvalue weighted by atomic mass is 16.5. The van der Waals surface area contributed by atoms with Gasteiger partial charge in [0.1, 0.15) is 12.3 Å². The highest BCUT2D eigenvalue weighted by Gasteiger charge is 2.28. The predicted octanol–water partition coefficient (Wildman–Crippen LogP) is 4.51. The van der Waals surface area contributed by atoms with Crippen LogP contribution in [-0.4, -0.2) is 13.3 Å². The van der Waals surface area contributed by atoms with E-state index in [0.29, 0.717) is 17.7 Å². The molecule has 0 saturated heterocycles. The average Bonchev–Trinajstić information content (AvgIpc) is 2.88. The lowest BCUT2D eigenvalue weighted by molar-refractivity contribution is -0.933. The monoisotopic (exact) mass is 434 g/mol. The van der Waals surface area contributed by atoms with Gasteiger partial charge in [-0.05, 0) is 34.7 Å². The summed E-state index contributed by atoms with van der Waals surface area (Å²) in [6.07, 6.45) is 0. The van der Waals surface area contributed by atoms with Crippen molar-refractivity contribution < 1.29 is 14.1 Å². The fourth-order valence-corrected chi connectivity index (χ4v) is 4.98. The van der Waals surface area contributed by atoms with Gasteiger partial charge in [0.05, 0.1) is 23.4 Å². The molecule has 0 spiro atoms. The van der Waals surface area contributed by atoms with Gasteiger partial charge in [0.15, 0.2) is 5.58 Å². The first-order valence-corrected chi connectivity index (χ1v) is 11.3. The Balaban J connectivity index is 1.40. The zero-order chi connectivity index (χ0) is 22.2. The third-order valence-electron chi connectivity index (χ3n) is 6.60. The Labute approximate surface area is 191 Å². The SMILES string of the molecule is O=c1oc2c3c(ccc2c2ccccc12)OC[NH+](CC(c1ccccc1)c1ccccc1)C3. The standard InChI is InChI=1S/C29H23NO3/c31-29-24-14-8-7-13-22(24)23-15-16-27-26(28(23)33-29)18-30(19-32-27)17-25(20-9-3-1-4-10-20)21-11-5-2-6-12-21/h1-16,25H,17-19H2/p+1. The Hall–Kier alpha value is -3.89. The van der Waals surface area contributed by atoms with E-state index in [-0.39, 0.29) is 11.5 Å². The average molecular weight is 435 g/mol. The maximum atomic E-state index is 12.7. The van der Waals surface area contributed by atoms with Crippen molar-refractivity contribution in [3.63, 3.8) is 0 Å². The van der Waals surface area contributed by atoms with Crippen LogP contribution in [0.4, 0.5) is 0 Å². The van der Waals surface area contributed by atoms with E-state index >= 15 is 0 Å². The predicted molar refractivity (Wildman–Crippen MR) is 130 cm³/mol. The van der Waals surface area contributed by atoms with Gasteiger partial charge in [-0.3, -0.25) is 4.90 Å². The molecule has 0 saturated carbocycles. The van der Waals surface area contributed by atoms with E-state index in [1.807, 2.05) is 36.4 Å². The van der Waals surface area contributed by atoms with Crippen molar-refractivity contribution >= 4 is 21.7 Å². The van der Waals surface area contributed by atoms with Crippen molar-refractivity contribution in [2.75, 3.05) is 13.3 Å². The maximum Gasteiger partial charge on any atom is 0.344 e. The van der Waals surface area contributed by atoms with Crippen molar-refractivity contribution in [1.29, 1.82) is 0 Å². The third kappa shape index (κ3) is 3.59. The molecule has 1 aliphatic rings. The van der Waals surface area contributed by atoms with Crippen LogP contribution < -0.4 is 15.3 Å². The molecule has 0 aliphatic carbocycles. The summed E-state index contributed by atoms with van der Waals surface area (Å²) < 4.78 is 12.0. The summed E-state index contributed by atoms with van der Waals surface area (Å²) >= 11 is 0. The normalized spacial score (nSPS) is 15.5. The molecule has 162 valence electrons. The van der Waals surface area contributed by atoms with Gasteiger partial charge in [0.2, 0.25) is 6.73 Å². The van der Waals surface area contributed by atoms with E-state index in [2.05, 4.69) is 60.7 Å². The molecule has 1 aliphatic heterocycles. The Bertz CT molecular complexity index is 1450. The number of rotatable bonds is 4. The third-order valence-corrected chi connectivity index (χ3v) is 6.60. The largest absolute Gasteiger partial charge is 0.445 e. The lowest BCUT2D eigenvalue weighted by atomic mass is 9.90. The lowest BCUT2D eigenvalue weighted by Crippen LogP contribution is -3.12. The molecule has 4 aromatic carbocycles. The fraction of sp³-hybridized carbons (Fsp3) is 0.138. The number of quaternary nitrogens is 1. The second kappa shape index (κ2) is 8.23. The number of ether oxygens (including phenoxy) is 1. The first-order chi connectivity index (χ1) is 16.3. The molecule has 6 rings (SSSR count). The highest BCUT2D eigenvalue weighted by molar-refractivity contribution is 6.05. The summed E-state index contributed by atoms with van der Waals surface area (Å²) in [6.45, 7) is 2.19. The summed E-state index contributed by atoms with van der Waals surface area (Å²) in [5.74, 6) is 1.05. The maximum absolute atomic E-state index is 12.7. The molecule has 2 heterocycles. The van der Waals surface area contributed by atoms with E-state index in [1.165, 1.54) is 16.0 Å². The number of fused-ring (bicyclic) bond motifs is 5. The number of benzene rings is 4. The molecule has 1 unspecified atom stereocenters. The van der Waals surface area contributed by atoms with Crippen molar-refractivity contribution in [1.82, 2.24) is 0 Å². The number of hydrogen-bond donors (Lipinski definition) is 1. The van der Waals surface area contributed by atoms with Crippen molar-refractivity contribution in [2.24, 2.45) is 0 Å². The molecule has 1 atom stereocenters. The first kappa shape index (κ1) is 19.8. The molecule has 0 radical (unpaired) electrons. The van der Waals surface area contributed by atoms with Crippen LogP contribution in [0, 0.1) is 0 Å². The molecular formula is C29H24NO3+. The molecule has 4 heteroatoms. The van der Waals surface area contributed by atoms with Gasteiger partial charge in [-0.1, -0.05) is 78.9 Å². The van der Waals surface area contributed by atoms with Gasteiger partial charge >= 0.3 is 5.63 Å². The Morgan fingerprint density at radius 1 is 0.727 bits per heavy atom. The smallest absolute Gasteiger partial charge is 0.344 e. The zero-order valence-electron chi connectivity index (χ0n) is 18.2. The Kier molecular flexibility index (Phi) is 4.93. The molecule has 0 amide bonds. The van der Waals surface area contributed by atoms with Crippen LogP contribution >= 0.6 is 0 Å². The highest BCUT2D eigenvalue weighted by Crippen LogP contribution is 2.32. The second-order valence-corrected chi connectivity index (χ2v) is 8.65. The molecule has 0 fully saturated rings. The van der Waals surface area contributed by atoms with E-state index in [9.17, 15) is 4.79 Å². The summed E-state index contributed by atoms with van der Waals surface area (Å²) in [6, 6.07) is 32.9. The van der Waals surface area contributed by atoms with Gasteiger partial charge in [-0.15, -0.1) is 0 Å². The summed E-state index contributed by atoms with van der Waals surface area (Å²) in [4.78, 5) is 14.0. The van der Waals surface area contributed by atoms with Crippen LogP contribution in [0.2, 0.25) is 0 Å². The van der Waals surface area contributed by atoms with Gasteiger partial charge in [-0.25, -0.2) is 4.79 Å². The summed E-state index contributed by atoms with van der Waals surface area (Å²) in [7, 11) is 0. The lowest BCUT2D eigenvalue weighted by Gasteiger charge is -2.30. The first-order valence-electron chi connectivity index (χ1n) is 11.3. The number of hydrogen-bond acceptors (Lipinski definition) is 3. The topological polar surface area (TPSA) is 43.9 Å². The van der Waals surface area contributed by atoms with Crippen LogP contribution in [0.15, 0.2) is 106 Å². The van der Waals surface area contributed by atoms with E-state index in [1.54, 1.807) is 0 Å². The minimum atomic E-state index is -0.301. The number of nitrogens with one attached hydrogen (secondary N) is 1. The van der Waals surface area contributed by atoms with Gasteiger partial charge in [0, 0.05) is 5.39 Å². The quantitative estimate of drug-likeness (QED) is 0.334. The van der Waals surface area contributed by atoms with Crippen LogP contribution in [-0.2, 0) is 6.54 Å². The second-order valence-electron chi connectivity index (χ2n) is 8.65. The van der Waals surface area contributed by atoms with Crippen LogP contribution in [0.25, 0.3) is 21.7 Å². The van der Waals surface area contributed by atoms with Crippen LogP contribution in [0.1, 0.15) is 22.6 Å². The minimum Gasteiger partial charge on any atom is -0.445 e. The van der Waals surface area contributed by atoms with E-state index < -0.39 is 0 Å². The minimum absolute atomic E-state index is 0.246. The molecular weight excluding hydrogens is 410 g/mol. The van der Waals surface area contributed by atoms with Crippen molar-refractivity contribution in [3.8, 4) is 5.75 Å². The molecule has 1 N–H and O–H groups in total. The summed E-state index contributed by atoms with van der Waals surface area (Å²) in [5, 5.41) is 2.49. The molecule has 5 aromatic rings.